The highest BCUT2D eigenvalue weighted by Gasteiger charge is 2.18. The predicted molar refractivity (Wildman–Crippen MR) is 59.6 cm³/mol. The fourth-order valence-corrected chi connectivity index (χ4v) is 1.54. The first-order chi connectivity index (χ1) is 6.53. The second kappa shape index (κ2) is 4.80. The first-order valence-corrected chi connectivity index (χ1v) is 5.30. The van der Waals surface area contributed by atoms with E-state index >= 15 is 0 Å². The lowest BCUT2D eigenvalue weighted by Gasteiger charge is -2.24. The van der Waals surface area contributed by atoms with Crippen molar-refractivity contribution in [2.75, 3.05) is 13.1 Å². The lowest BCUT2D eigenvalue weighted by Crippen LogP contribution is -2.33. The lowest BCUT2D eigenvalue weighted by atomic mass is 9.93. The molecule has 0 aliphatic heterocycles. The van der Waals surface area contributed by atoms with E-state index in [1.54, 1.807) is 6.20 Å². The van der Waals surface area contributed by atoms with E-state index in [1.165, 1.54) is 0 Å². The smallest absolute Gasteiger partial charge is 0.0785 e. The average molecular weight is 216 g/mol. The Kier molecular flexibility index (Phi) is 3.96. The van der Waals surface area contributed by atoms with Crippen molar-refractivity contribution in [1.29, 1.82) is 0 Å². The van der Waals surface area contributed by atoms with Gasteiger partial charge in [-0.1, -0.05) is 32.4 Å². The third-order valence-corrected chi connectivity index (χ3v) is 2.24. The third-order valence-electron chi connectivity index (χ3n) is 2.05. The summed E-state index contributed by atoms with van der Waals surface area (Å²) in [6.07, 6.45) is 3.53. The van der Waals surface area contributed by atoms with Gasteiger partial charge >= 0.3 is 0 Å². The zero-order valence-electron chi connectivity index (χ0n) is 9.05. The second-order valence-corrected chi connectivity index (χ2v) is 4.74. The molecule has 0 atom stereocenters. The number of nitrogens with one attached hydrogen (secondary N) is 1. The lowest BCUT2D eigenvalue weighted by molar-refractivity contribution is 0.278. The van der Waals surface area contributed by atoms with E-state index in [-0.39, 0.29) is 5.41 Å². The highest BCUT2D eigenvalue weighted by Crippen LogP contribution is 2.17. The Morgan fingerprint density at radius 2 is 2.29 bits per heavy atom. The third kappa shape index (κ3) is 3.68. The molecule has 0 spiro atoms. The maximum Gasteiger partial charge on any atom is 0.0785 e. The number of halogens is 1. The molecule has 0 amide bonds. The van der Waals surface area contributed by atoms with Crippen LogP contribution in [-0.2, 0) is 6.54 Å². The van der Waals surface area contributed by atoms with Crippen LogP contribution in [0.5, 0.6) is 0 Å². The van der Waals surface area contributed by atoms with Crippen molar-refractivity contribution >= 4 is 11.6 Å². The van der Waals surface area contributed by atoms with Crippen molar-refractivity contribution in [2.45, 2.75) is 27.3 Å². The number of aromatic nitrogens is 2. The number of hydrogen-bond acceptors (Lipinski definition) is 2. The van der Waals surface area contributed by atoms with Crippen LogP contribution in [0.3, 0.4) is 0 Å². The predicted octanol–water partition coefficient (Wildman–Crippen LogP) is 2.17. The molecule has 1 aromatic rings. The van der Waals surface area contributed by atoms with E-state index in [1.807, 2.05) is 10.9 Å². The fraction of sp³-hybridized carbons (Fsp3) is 0.700. The average Bonchev–Trinajstić information content (AvgIpc) is 2.47. The Balaban J connectivity index is 2.49. The van der Waals surface area contributed by atoms with Crippen LogP contribution in [-0.4, -0.2) is 22.9 Å². The van der Waals surface area contributed by atoms with Crippen LogP contribution in [0.4, 0.5) is 0 Å². The second-order valence-electron chi connectivity index (χ2n) is 4.30. The molecule has 0 bridgehead atoms. The summed E-state index contributed by atoms with van der Waals surface area (Å²) < 4.78 is 1.89. The molecule has 1 heterocycles. The summed E-state index contributed by atoms with van der Waals surface area (Å²) in [6, 6.07) is 0. The maximum absolute atomic E-state index is 5.79. The molecular formula is C10H18ClN3. The van der Waals surface area contributed by atoms with Gasteiger partial charge in [-0.15, -0.1) is 0 Å². The molecule has 1 rings (SSSR count). The van der Waals surface area contributed by atoms with E-state index in [4.69, 9.17) is 11.6 Å². The molecule has 0 radical (unpaired) electrons. The number of hydrogen-bond donors (Lipinski definition) is 1. The normalized spacial score (nSPS) is 12.0. The first-order valence-electron chi connectivity index (χ1n) is 4.92. The minimum absolute atomic E-state index is 0.200. The van der Waals surface area contributed by atoms with Crippen molar-refractivity contribution in [1.82, 2.24) is 15.1 Å². The molecule has 0 saturated carbocycles. The van der Waals surface area contributed by atoms with Gasteiger partial charge < -0.3 is 5.32 Å². The van der Waals surface area contributed by atoms with Crippen LogP contribution < -0.4 is 5.32 Å². The van der Waals surface area contributed by atoms with Crippen LogP contribution in [0.25, 0.3) is 0 Å². The van der Waals surface area contributed by atoms with Crippen molar-refractivity contribution in [3.8, 4) is 0 Å². The van der Waals surface area contributed by atoms with Gasteiger partial charge in [-0.2, -0.15) is 5.10 Å². The maximum atomic E-state index is 5.79. The molecule has 0 saturated heterocycles. The van der Waals surface area contributed by atoms with Gasteiger partial charge in [-0.05, 0) is 12.0 Å². The zero-order chi connectivity index (χ0) is 10.6. The van der Waals surface area contributed by atoms with E-state index in [0.29, 0.717) is 5.02 Å². The summed E-state index contributed by atoms with van der Waals surface area (Å²) in [4.78, 5) is 0. The van der Waals surface area contributed by atoms with Crippen molar-refractivity contribution < 1.29 is 0 Å². The van der Waals surface area contributed by atoms with Gasteiger partial charge in [-0.3, -0.25) is 4.68 Å². The molecular weight excluding hydrogens is 198 g/mol. The summed E-state index contributed by atoms with van der Waals surface area (Å²) in [7, 11) is 0. The molecule has 0 aliphatic rings. The van der Waals surface area contributed by atoms with Crippen molar-refractivity contribution in [3.05, 3.63) is 17.4 Å². The molecule has 4 heteroatoms. The number of rotatable bonds is 5. The van der Waals surface area contributed by atoms with Crippen molar-refractivity contribution in [2.24, 2.45) is 5.41 Å². The van der Waals surface area contributed by atoms with E-state index < -0.39 is 0 Å². The minimum atomic E-state index is 0.200. The summed E-state index contributed by atoms with van der Waals surface area (Å²) >= 11 is 5.79. The van der Waals surface area contributed by atoms with Gasteiger partial charge in [0.25, 0.3) is 0 Å². The van der Waals surface area contributed by atoms with E-state index in [2.05, 4.69) is 31.2 Å². The molecule has 0 aliphatic carbocycles. The van der Waals surface area contributed by atoms with Crippen LogP contribution in [0.1, 0.15) is 20.8 Å². The van der Waals surface area contributed by atoms with Gasteiger partial charge in [0, 0.05) is 19.3 Å². The quantitative estimate of drug-likeness (QED) is 0.816. The molecule has 0 fully saturated rings. The topological polar surface area (TPSA) is 29.9 Å². The van der Waals surface area contributed by atoms with Crippen LogP contribution in [0.15, 0.2) is 12.4 Å². The van der Waals surface area contributed by atoms with Gasteiger partial charge in [0.15, 0.2) is 0 Å². The minimum Gasteiger partial charge on any atom is -0.316 e. The fourth-order valence-electron chi connectivity index (χ4n) is 1.38. The highest BCUT2D eigenvalue weighted by molar-refractivity contribution is 6.30. The van der Waals surface area contributed by atoms with Gasteiger partial charge in [0.2, 0.25) is 0 Å². The molecule has 0 aromatic carbocycles. The van der Waals surface area contributed by atoms with Crippen molar-refractivity contribution in [3.63, 3.8) is 0 Å². The molecule has 14 heavy (non-hydrogen) atoms. The largest absolute Gasteiger partial charge is 0.316 e. The summed E-state index contributed by atoms with van der Waals surface area (Å²) in [5.74, 6) is 0. The standard InChI is InChI=1S/C10H18ClN3/c1-4-12-7-10(2,3)8-14-6-9(11)5-13-14/h5-6,12H,4,7-8H2,1-3H3. The SMILES string of the molecule is CCNCC(C)(C)Cn1cc(Cl)cn1. The molecule has 0 unspecified atom stereocenters. The Labute approximate surface area is 90.4 Å². The summed E-state index contributed by atoms with van der Waals surface area (Å²) in [5.41, 5.74) is 0.200. The molecule has 1 N–H and O–H groups in total. The molecule has 1 aromatic heterocycles. The Bertz CT molecular complexity index is 281. The highest BCUT2D eigenvalue weighted by atomic mass is 35.5. The summed E-state index contributed by atoms with van der Waals surface area (Å²) in [6.45, 7) is 9.41. The Hall–Kier alpha value is -0.540. The van der Waals surface area contributed by atoms with E-state index in [9.17, 15) is 0 Å². The zero-order valence-corrected chi connectivity index (χ0v) is 9.80. The van der Waals surface area contributed by atoms with Crippen LogP contribution in [0, 0.1) is 5.41 Å². The first kappa shape index (κ1) is 11.5. The van der Waals surface area contributed by atoms with Crippen LogP contribution in [0.2, 0.25) is 5.02 Å². The Morgan fingerprint density at radius 1 is 1.57 bits per heavy atom. The van der Waals surface area contributed by atoms with Gasteiger partial charge in [0.05, 0.1) is 11.2 Å². The number of nitrogens with zero attached hydrogens (tertiary/aromatic N) is 2. The summed E-state index contributed by atoms with van der Waals surface area (Å²) in [5, 5.41) is 8.21. The van der Waals surface area contributed by atoms with Gasteiger partial charge in [-0.25, -0.2) is 0 Å². The van der Waals surface area contributed by atoms with Gasteiger partial charge in [0.1, 0.15) is 0 Å². The molecule has 80 valence electrons. The van der Waals surface area contributed by atoms with Crippen LogP contribution >= 0.6 is 11.6 Å². The Morgan fingerprint density at radius 3 is 2.79 bits per heavy atom. The van der Waals surface area contributed by atoms with E-state index in [0.717, 1.165) is 19.6 Å². The molecule has 3 nitrogen and oxygen atoms in total. The monoisotopic (exact) mass is 215 g/mol.